The van der Waals surface area contributed by atoms with Crippen molar-refractivity contribution in [3.8, 4) is 0 Å². The Morgan fingerprint density at radius 1 is 1.35 bits per heavy atom. The van der Waals surface area contributed by atoms with E-state index in [0.29, 0.717) is 11.5 Å². The van der Waals surface area contributed by atoms with Crippen molar-refractivity contribution in [1.29, 1.82) is 0 Å². The summed E-state index contributed by atoms with van der Waals surface area (Å²) in [5.41, 5.74) is 9.43. The predicted octanol–water partition coefficient (Wildman–Crippen LogP) is 3.49. The Balaban J connectivity index is 1.72. The molecule has 3 N–H and O–H groups in total. The number of aromatic nitrogens is 1. The van der Waals surface area contributed by atoms with E-state index in [2.05, 4.69) is 19.2 Å². The number of hydrogen-bond donors (Lipinski definition) is 2. The van der Waals surface area contributed by atoms with Gasteiger partial charge in [-0.05, 0) is 36.8 Å². The third-order valence-corrected chi connectivity index (χ3v) is 4.34. The van der Waals surface area contributed by atoms with E-state index in [-0.39, 0.29) is 0 Å². The van der Waals surface area contributed by atoms with Crippen LogP contribution in [-0.4, -0.2) is 11.0 Å². The van der Waals surface area contributed by atoms with Gasteiger partial charge in [0.1, 0.15) is 0 Å². The Bertz CT molecular complexity index is 619. The largest absolute Gasteiger partial charge is 0.398 e. The number of para-hydroxylation sites is 1. The third kappa shape index (κ3) is 2.78. The summed E-state index contributed by atoms with van der Waals surface area (Å²) in [7, 11) is 0. The van der Waals surface area contributed by atoms with Crippen LogP contribution in [0.1, 0.15) is 38.8 Å². The van der Waals surface area contributed by atoms with Gasteiger partial charge in [-0.15, -0.1) is 0 Å². The summed E-state index contributed by atoms with van der Waals surface area (Å²) < 4.78 is 0. The average molecular weight is 269 g/mol. The van der Waals surface area contributed by atoms with Crippen molar-refractivity contribution in [3.63, 3.8) is 0 Å². The second kappa shape index (κ2) is 5.06. The lowest BCUT2D eigenvalue weighted by Crippen LogP contribution is -2.27. The van der Waals surface area contributed by atoms with Gasteiger partial charge >= 0.3 is 0 Å². The van der Waals surface area contributed by atoms with Gasteiger partial charge in [0.2, 0.25) is 0 Å². The van der Waals surface area contributed by atoms with Gasteiger partial charge in [0, 0.05) is 23.7 Å². The van der Waals surface area contributed by atoms with E-state index < -0.39 is 0 Å². The first-order valence-corrected chi connectivity index (χ1v) is 7.41. The first kappa shape index (κ1) is 13.4. The molecule has 3 rings (SSSR count). The highest BCUT2D eigenvalue weighted by molar-refractivity contribution is 5.90. The van der Waals surface area contributed by atoms with E-state index in [4.69, 9.17) is 10.7 Å². The van der Waals surface area contributed by atoms with Crippen LogP contribution in [0.3, 0.4) is 0 Å². The molecule has 0 saturated heterocycles. The summed E-state index contributed by atoms with van der Waals surface area (Å²) in [5.74, 6) is 0. The number of pyridine rings is 1. The average Bonchev–Trinajstić information content (AvgIpc) is 2.76. The van der Waals surface area contributed by atoms with Gasteiger partial charge in [0.15, 0.2) is 0 Å². The van der Waals surface area contributed by atoms with Gasteiger partial charge in [0.25, 0.3) is 0 Å². The van der Waals surface area contributed by atoms with Crippen molar-refractivity contribution in [3.05, 3.63) is 36.0 Å². The summed E-state index contributed by atoms with van der Waals surface area (Å²) in [6, 6.07) is 10.7. The van der Waals surface area contributed by atoms with Crippen LogP contribution in [0.25, 0.3) is 10.9 Å². The quantitative estimate of drug-likeness (QED) is 0.897. The van der Waals surface area contributed by atoms with Crippen LogP contribution in [-0.2, 0) is 6.54 Å². The van der Waals surface area contributed by atoms with E-state index in [1.807, 2.05) is 30.3 Å². The van der Waals surface area contributed by atoms with Crippen LogP contribution in [0.4, 0.5) is 5.69 Å². The summed E-state index contributed by atoms with van der Waals surface area (Å²) in [6.45, 7) is 5.50. The maximum Gasteiger partial charge on any atom is 0.0726 e. The minimum atomic E-state index is 0.480. The molecule has 1 unspecified atom stereocenters. The molecule has 106 valence electrons. The van der Waals surface area contributed by atoms with E-state index in [9.17, 15) is 0 Å². The molecule has 1 atom stereocenters. The third-order valence-electron chi connectivity index (χ3n) is 4.34. The van der Waals surface area contributed by atoms with Gasteiger partial charge < -0.3 is 11.1 Å². The summed E-state index contributed by atoms with van der Waals surface area (Å²) in [5, 5.41) is 4.67. The van der Waals surface area contributed by atoms with Crippen LogP contribution in [0.2, 0.25) is 0 Å². The number of nitrogens with zero attached hydrogens (tertiary/aromatic N) is 1. The molecule has 1 aromatic heterocycles. The molecule has 1 aliphatic carbocycles. The molecule has 0 radical (unpaired) electrons. The molecule has 0 amide bonds. The Morgan fingerprint density at radius 3 is 2.90 bits per heavy atom. The van der Waals surface area contributed by atoms with E-state index in [1.165, 1.54) is 19.3 Å². The first-order chi connectivity index (χ1) is 9.53. The number of fused-ring (bicyclic) bond motifs is 1. The minimum absolute atomic E-state index is 0.480. The molecule has 1 aromatic carbocycles. The highest BCUT2D eigenvalue weighted by Crippen LogP contribution is 2.37. The lowest BCUT2D eigenvalue weighted by atomic mass is 9.92. The molecule has 20 heavy (non-hydrogen) atoms. The number of nitrogen functional groups attached to an aromatic ring is 1. The van der Waals surface area contributed by atoms with Gasteiger partial charge in [0.05, 0.1) is 11.2 Å². The highest BCUT2D eigenvalue weighted by Gasteiger charge is 2.30. The van der Waals surface area contributed by atoms with Crippen LogP contribution < -0.4 is 11.1 Å². The molecular weight excluding hydrogens is 246 g/mol. The molecule has 0 bridgehead atoms. The Kier molecular flexibility index (Phi) is 3.38. The first-order valence-electron chi connectivity index (χ1n) is 7.41. The molecule has 0 spiro atoms. The van der Waals surface area contributed by atoms with Crippen molar-refractivity contribution in [2.24, 2.45) is 5.41 Å². The fourth-order valence-corrected chi connectivity index (χ4v) is 3.21. The van der Waals surface area contributed by atoms with Crippen LogP contribution in [0, 0.1) is 5.41 Å². The number of anilines is 1. The fraction of sp³-hybridized carbons (Fsp3) is 0.471. The molecule has 1 heterocycles. The Morgan fingerprint density at radius 2 is 2.15 bits per heavy atom. The van der Waals surface area contributed by atoms with Gasteiger partial charge in [-0.2, -0.15) is 0 Å². The van der Waals surface area contributed by atoms with Crippen LogP contribution in [0.15, 0.2) is 30.3 Å². The predicted molar refractivity (Wildman–Crippen MR) is 84.4 cm³/mol. The lowest BCUT2D eigenvalue weighted by molar-refractivity contribution is 0.364. The van der Waals surface area contributed by atoms with Crippen molar-refractivity contribution >= 4 is 16.6 Å². The summed E-state index contributed by atoms with van der Waals surface area (Å²) >= 11 is 0. The topological polar surface area (TPSA) is 50.9 Å². The molecule has 3 nitrogen and oxygen atoms in total. The number of nitrogens with two attached hydrogens (primary N) is 1. The standard InChI is InChI=1S/C17H23N3/c1-17(2)8-7-12(10-17)19-11-13-9-15(18)14-5-3-4-6-16(14)20-13/h3-6,9,12,19H,7-8,10-11H2,1-2H3,(H2,18,20). The maximum absolute atomic E-state index is 6.12. The molecule has 0 aliphatic heterocycles. The summed E-state index contributed by atoms with van der Waals surface area (Å²) in [6.07, 6.45) is 3.81. The maximum atomic E-state index is 6.12. The van der Waals surface area contributed by atoms with Crippen molar-refractivity contribution in [2.75, 3.05) is 5.73 Å². The van der Waals surface area contributed by atoms with Crippen molar-refractivity contribution in [2.45, 2.75) is 45.7 Å². The van der Waals surface area contributed by atoms with E-state index in [0.717, 1.165) is 28.8 Å². The number of hydrogen-bond acceptors (Lipinski definition) is 3. The van der Waals surface area contributed by atoms with Gasteiger partial charge in [-0.1, -0.05) is 32.0 Å². The molecule has 1 fully saturated rings. The molecular formula is C17H23N3. The second-order valence-electron chi connectivity index (χ2n) is 6.70. The van der Waals surface area contributed by atoms with Crippen LogP contribution in [0.5, 0.6) is 0 Å². The number of rotatable bonds is 3. The zero-order valence-electron chi connectivity index (χ0n) is 12.3. The zero-order chi connectivity index (χ0) is 14.2. The van der Waals surface area contributed by atoms with Gasteiger partial charge in [-0.3, -0.25) is 4.98 Å². The fourth-order valence-electron chi connectivity index (χ4n) is 3.21. The Labute approximate surface area is 120 Å². The zero-order valence-corrected chi connectivity index (χ0v) is 12.3. The number of benzene rings is 1. The molecule has 1 saturated carbocycles. The van der Waals surface area contributed by atoms with E-state index >= 15 is 0 Å². The second-order valence-corrected chi connectivity index (χ2v) is 6.70. The molecule has 3 heteroatoms. The smallest absolute Gasteiger partial charge is 0.0726 e. The minimum Gasteiger partial charge on any atom is -0.398 e. The normalized spacial score (nSPS) is 21.4. The van der Waals surface area contributed by atoms with Crippen molar-refractivity contribution in [1.82, 2.24) is 10.3 Å². The van der Waals surface area contributed by atoms with Crippen molar-refractivity contribution < 1.29 is 0 Å². The molecule has 2 aromatic rings. The SMILES string of the molecule is CC1(C)CCC(NCc2cc(N)c3ccccc3n2)C1. The number of nitrogens with one attached hydrogen (secondary N) is 1. The molecule has 1 aliphatic rings. The summed E-state index contributed by atoms with van der Waals surface area (Å²) in [4.78, 5) is 4.69. The Hall–Kier alpha value is -1.61. The monoisotopic (exact) mass is 269 g/mol. The van der Waals surface area contributed by atoms with Gasteiger partial charge in [-0.25, -0.2) is 0 Å². The lowest BCUT2D eigenvalue weighted by Gasteiger charge is -2.18. The van der Waals surface area contributed by atoms with Crippen LogP contribution >= 0.6 is 0 Å². The van der Waals surface area contributed by atoms with E-state index in [1.54, 1.807) is 0 Å². The highest BCUT2D eigenvalue weighted by atomic mass is 14.9.